The number of thiocarbonyl (C=S) groups is 1. The van der Waals surface area contributed by atoms with Gasteiger partial charge in [-0.05, 0) is 48.1 Å². The highest BCUT2D eigenvalue weighted by Gasteiger charge is 2.11. The third-order valence-corrected chi connectivity index (χ3v) is 5.37. The number of hydrazine groups is 1. The van der Waals surface area contributed by atoms with Gasteiger partial charge in [0, 0.05) is 15.6 Å². The summed E-state index contributed by atoms with van der Waals surface area (Å²) in [4.78, 5) is 9.75. The van der Waals surface area contributed by atoms with E-state index in [2.05, 4.69) is 26.1 Å². The molecule has 0 aliphatic heterocycles. The number of benzene rings is 2. The Balaban J connectivity index is 1.53. The largest absolute Gasteiger partial charge is 0.331 e. The predicted octanol–water partition coefficient (Wildman–Crippen LogP) is 5.33. The van der Waals surface area contributed by atoms with Crippen LogP contribution in [-0.2, 0) is 0 Å². The Hall–Kier alpha value is -2.74. The Morgan fingerprint density at radius 3 is 2.67 bits per heavy atom. The van der Waals surface area contributed by atoms with Crippen LogP contribution in [0, 0.1) is 0 Å². The van der Waals surface area contributed by atoms with E-state index in [-0.39, 0.29) is 0 Å². The van der Waals surface area contributed by atoms with Gasteiger partial charge in [0.05, 0.1) is 10.2 Å². The molecule has 0 aliphatic rings. The molecule has 5 nitrogen and oxygen atoms in total. The van der Waals surface area contributed by atoms with Crippen LogP contribution in [-0.4, -0.2) is 15.1 Å². The molecule has 0 spiro atoms. The first kappa shape index (κ1) is 17.7. The first-order valence-corrected chi connectivity index (χ1v) is 9.68. The Kier molecular flexibility index (Phi) is 5.15. The van der Waals surface area contributed by atoms with Gasteiger partial charge < -0.3 is 5.32 Å². The molecule has 0 amide bonds. The number of nitrogens with one attached hydrogen (secondary N) is 3. The van der Waals surface area contributed by atoms with E-state index < -0.39 is 0 Å². The summed E-state index contributed by atoms with van der Waals surface area (Å²) < 4.78 is 0.933. The van der Waals surface area contributed by atoms with E-state index in [0.717, 1.165) is 26.3 Å². The summed E-state index contributed by atoms with van der Waals surface area (Å²) in [6.45, 7) is 0. The average molecular weight is 412 g/mol. The molecule has 2 heterocycles. The lowest BCUT2D eigenvalue weighted by Crippen LogP contribution is -2.33. The van der Waals surface area contributed by atoms with Gasteiger partial charge in [0.1, 0.15) is 6.33 Å². The smallest absolute Gasteiger partial charge is 0.189 e. The molecule has 4 rings (SSSR count). The number of halogens is 1. The van der Waals surface area contributed by atoms with Crippen molar-refractivity contribution < 1.29 is 0 Å². The highest BCUT2D eigenvalue weighted by atomic mass is 35.5. The Morgan fingerprint density at radius 2 is 1.85 bits per heavy atom. The highest BCUT2D eigenvalue weighted by Crippen LogP contribution is 2.36. The molecule has 0 unspecified atom stereocenters. The molecular formula is C19H14ClN5S2. The number of fused-ring (bicyclic) bond motifs is 1. The maximum absolute atomic E-state index is 6.11. The van der Waals surface area contributed by atoms with Crippen molar-refractivity contribution in [2.45, 2.75) is 0 Å². The molecule has 134 valence electrons. The lowest BCUT2D eigenvalue weighted by atomic mass is 10.2. The molecule has 2 aromatic carbocycles. The predicted molar refractivity (Wildman–Crippen MR) is 117 cm³/mol. The zero-order chi connectivity index (χ0) is 18.6. The first-order chi connectivity index (χ1) is 13.2. The third kappa shape index (κ3) is 4.16. The van der Waals surface area contributed by atoms with Crippen molar-refractivity contribution in [1.82, 2.24) is 15.4 Å². The number of nitrogens with zero attached hydrogens (tertiary/aromatic N) is 2. The molecule has 0 fully saturated rings. The van der Waals surface area contributed by atoms with Crippen LogP contribution in [0.2, 0.25) is 5.02 Å². The van der Waals surface area contributed by atoms with Gasteiger partial charge in [0.2, 0.25) is 0 Å². The van der Waals surface area contributed by atoms with Crippen LogP contribution in [0.1, 0.15) is 0 Å². The molecule has 0 saturated heterocycles. The van der Waals surface area contributed by atoms with Gasteiger partial charge >= 0.3 is 0 Å². The minimum atomic E-state index is 0.444. The summed E-state index contributed by atoms with van der Waals surface area (Å²) >= 11 is 13.0. The first-order valence-electron chi connectivity index (χ1n) is 8.07. The van der Waals surface area contributed by atoms with E-state index in [1.165, 1.54) is 6.33 Å². The standard InChI is InChI=1S/C19H14ClN5S2/c20-13-6-4-5-12(9-13)16-10-15-17(27-16)18(22-11-21-15)24-25-19(26)23-14-7-2-1-3-8-14/h1-11H,(H,21,22,24)(H2,23,25,26). The van der Waals surface area contributed by atoms with Crippen molar-refractivity contribution in [2.75, 3.05) is 10.7 Å². The fourth-order valence-corrected chi connectivity index (χ4v) is 3.94. The molecule has 0 bridgehead atoms. The molecular weight excluding hydrogens is 398 g/mol. The normalized spacial score (nSPS) is 10.6. The summed E-state index contributed by atoms with van der Waals surface area (Å²) in [6.07, 6.45) is 1.52. The van der Waals surface area contributed by atoms with Crippen molar-refractivity contribution >= 4 is 62.0 Å². The van der Waals surface area contributed by atoms with Crippen molar-refractivity contribution in [3.8, 4) is 10.4 Å². The van der Waals surface area contributed by atoms with E-state index >= 15 is 0 Å². The van der Waals surface area contributed by atoms with E-state index in [4.69, 9.17) is 23.8 Å². The van der Waals surface area contributed by atoms with Gasteiger partial charge in [0.15, 0.2) is 10.9 Å². The number of aromatic nitrogens is 2. The number of thiophene rings is 1. The lowest BCUT2D eigenvalue weighted by molar-refractivity contribution is 1.09. The monoisotopic (exact) mass is 411 g/mol. The molecule has 3 N–H and O–H groups in total. The number of hydrogen-bond donors (Lipinski definition) is 3. The second-order valence-electron chi connectivity index (χ2n) is 5.63. The van der Waals surface area contributed by atoms with Crippen LogP contribution < -0.4 is 16.2 Å². The van der Waals surface area contributed by atoms with Gasteiger partial charge in [-0.1, -0.05) is 41.9 Å². The lowest BCUT2D eigenvalue weighted by Gasteiger charge is -2.12. The number of para-hydroxylation sites is 1. The van der Waals surface area contributed by atoms with Crippen molar-refractivity contribution in [3.63, 3.8) is 0 Å². The summed E-state index contributed by atoms with van der Waals surface area (Å²) in [7, 11) is 0. The van der Waals surface area contributed by atoms with Gasteiger partial charge in [-0.15, -0.1) is 11.3 Å². The van der Waals surface area contributed by atoms with Gasteiger partial charge in [0.25, 0.3) is 0 Å². The van der Waals surface area contributed by atoms with Crippen LogP contribution >= 0.6 is 35.2 Å². The SMILES string of the molecule is S=C(NNc1ncnc2cc(-c3cccc(Cl)c3)sc12)Nc1ccccc1. The van der Waals surface area contributed by atoms with Crippen molar-refractivity contribution in [1.29, 1.82) is 0 Å². The Morgan fingerprint density at radius 1 is 1.00 bits per heavy atom. The fraction of sp³-hybridized carbons (Fsp3) is 0. The molecule has 2 aromatic heterocycles. The summed E-state index contributed by atoms with van der Waals surface area (Å²) in [5, 5.41) is 4.25. The maximum Gasteiger partial charge on any atom is 0.189 e. The minimum absolute atomic E-state index is 0.444. The zero-order valence-electron chi connectivity index (χ0n) is 13.9. The fourth-order valence-electron chi connectivity index (χ4n) is 2.53. The van der Waals surface area contributed by atoms with E-state index in [0.29, 0.717) is 16.0 Å². The zero-order valence-corrected chi connectivity index (χ0v) is 16.3. The summed E-state index contributed by atoms with van der Waals surface area (Å²) in [5.74, 6) is 0.662. The van der Waals surface area contributed by atoms with Crippen LogP contribution in [0.4, 0.5) is 11.5 Å². The average Bonchev–Trinajstić information content (AvgIpc) is 3.12. The molecule has 27 heavy (non-hydrogen) atoms. The van der Waals surface area contributed by atoms with E-state index in [1.807, 2.05) is 60.7 Å². The Labute approximate surface area is 170 Å². The third-order valence-electron chi connectivity index (χ3n) is 3.75. The van der Waals surface area contributed by atoms with Crippen LogP contribution in [0.25, 0.3) is 20.7 Å². The molecule has 0 atom stereocenters. The van der Waals surface area contributed by atoms with E-state index in [1.54, 1.807) is 11.3 Å². The second kappa shape index (κ2) is 7.87. The molecule has 0 saturated carbocycles. The van der Waals surface area contributed by atoms with Gasteiger partial charge in [-0.25, -0.2) is 9.97 Å². The molecule has 0 aliphatic carbocycles. The highest BCUT2D eigenvalue weighted by molar-refractivity contribution is 7.80. The minimum Gasteiger partial charge on any atom is -0.331 e. The molecule has 4 aromatic rings. The van der Waals surface area contributed by atoms with E-state index in [9.17, 15) is 0 Å². The van der Waals surface area contributed by atoms with Gasteiger partial charge in [-0.2, -0.15) is 0 Å². The summed E-state index contributed by atoms with van der Waals surface area (Å²) in [6, 6.07) is 19.5. The second-order valence-corrected chi connectivity index (χ2v) is 7.52. The summed E-state index contributed by atoms with van der Waals surface area (Å²) in [5.41, 5.74) is 8.84. The number of anilines is 2. The molecule has 0 radical (unpaired) electrons. The number of hydrogen-bond acceptors (Lipinski definition) is 5. The van der Waals surface area contributed by atoms with Crippen LogP contribution in [0.5, 0.6) is 0 Å². The quantitative estimate of drug-likeness (QED) is 0.312. The number of rotatable bonds is 4. The Bertz CT molecular complexity index is 1100. The van der Waals surface area contributed by atoms with Crippen molar-refractivity contribution in [2.24, 2.45) is 0 Å². The van der Waals surface area contributed by atoms with Gasteiger partial charge in [-0.3, -0.25) is 10.9 Å². The molecule has 8 heteroatoms. The topological polar surface area (TPSA) is 61.9 Å². The maximum atomic E-state index is 6.11. The van der Waals surface area contributed by atoms with Crippen LogP contribution in [0.3, 0.4) is 0 Å². The van der Waals surface area contributed by atoms with Crippen LogP contribution in [0.15, 0.2) is 67.0 Å². The van der Waals surface area contributed by atoms with Crippen molar-refractivity contribution in [3.05, 3.63) is 72.0 Å².